The predicted octanol–water partition coefficient (Wildman–Crippen LogP) is 6.39. The molecule has 0 saturated heterocycles. The molecule has 29 heavy (non-hydrogen) atoms. The SMILES string of the molecule is c1ccc(-c2c3ccccc3c(-n3nnc4ccccc43)c3ccccc23)cc1. The summed E-state index contributed by atoms with van der Waals surface area (Å²) in [6.45, 7) is 0. The fourth-order valence-electron chi connectivity index (χ4n) is 4.28. The molecule has 0 spiro atoms. The molecule has 6 rings (SSSR count). The van der Waals surface area contributed by atoms with Gasteiger partial charge in [-0.2, -0.15) is 0 Å². The first-order chi connectivity index (χ1) is 14.4. The van der Waals surface area contributed by atoms with Crippen LogP contribution in [0.1, 0.15) is 0 Å². The van der Waals surface area contributed by atoms with Crippen LogP contribution in [0.25, 0.3) is 49.4 Å². The highest BCUT2D eigenvalue weighted by Gasteiger charge is 2.18. The second-order valence-electron chi connectivity index (χ2n) is 7.17. The molecule has 5 aromatic carbocycles. The zero-order chi connectivity index (χ0) is 19.2. The van der Waals surface area contributed by atoms with E-state index in [1.54, 1.807) is 0 Å². The monoisotopic (exact) mass is 371 g/mol. The molecule has 0 unspecified atom stereocenters. The van der Waals surface area contributed by atoms with Crippen molar-refractivity contribution in [2.75, 3.05) is 0 Å². The summed E-state index contributed by atoms with van der Waals surface area (Å²) in [5.74, 6) is 0. The topological polar surface area (TPSA) is 30.7 Å². The van der Waals surface area contributed by atoms with Crippen LogP contribution in [0.3, 0.4) is 0 Å². The first kappa shape index (κ1) is 16.0. The normalized spacial score (nSPS) is 11.4. The lowest BCUT2D eigenvalue weighted by Gasteiger charge is -2.17. The molecule has 3 nitrogen and oxygen atoms in total. The van der Waals surface area contributed by atoms with Crippen molar-refractivity contribution in [2.24, 2.45) is 0 Å². The number of para-hydroxylation sites is 1. The van der Waals surface area contributed by atoms with Crippen molar-refractivity contribution in [3.63, 3.8) is 0 Å². The summed E-state index contributed by atoms with van der Waals surface area (Å²) >= 11 is 0. The van der Waals surface area contributed by atoms with Crippen LogP contribution >= 0.6 is 0 Å². The van der Waals surface area contributed by atoms with Gasteiger partial charge < -0.3 is 0 Å². The van der Waals surface area contributed by atoms with Crippen molar-refractivity contribution in [3.8, 4) is 16.8 Å². The van der Waals surface area contributed by atoms with Gasteiger partial charge in [-0.1, -0.05) is 96.2 Å². The highest BCUT2D eigenvalue weighted by Crippen LogP contribution is 2.41. The minimum atomic E-state index is 0.896. The highest BCUT2D eigenvalue weighted by molar-refractivity contribution is 6.18. The van der Waals surface area contributed by atoms with Gasteiger partial charge in [0.25, 0.3) is 0 Å². The number of hydrogen-bond acceptors (Lipinski definition) is 2. The van der Waals surface area contributed by atoms with Crippen LogP contribution in [0, 0.1) is 0 Å². The summed E-state index contributed by atoms with van der Waals surface area (Å²) in [5.41, 5.74) is 5.45. The summed E-state index contributed by atoms with van der Waals surface area (Å²) in [4.78, 5) is 0. The zero-order valence-corrected chi connectivity index (χ0v) is 15.7. The molecule has 0 atom stereocenters. The van der Waals surface area contributed by atoms with E-state index in [1.807, 2.05) is 22.9 Å². The van der Waals surface area contributed by atoms with E-state index in [4.69, 9.17) is 0 Å². The second-order valence-corrected chi connectivity index (χ2v) is 7.17. The molecule has 136 valence electrons. The fraction of sp³-hybridized carbons (Fsp3) is 0. The van der Waals surface area contributed by atoms with E-state index in [1.165, 1.54) is 32.7 Å². The molecule has 0 aliphatic rings. The number of rotatable bonds is 2. The molecule has 1 heterocycles. The van der Waals surface area contributed by atoms with Crippen LogP contribution in [0.4, 0.5) is 0 Å². The predicted molar refractivity (Wildman–Crippen MR) is 119 cm³/mol. The van der Waals surface area contributed by atoms with Gasteiger partial charge in [0.1, 0.15) is 5.52 Å². The maximum atomic E-state index is 4.53. The Balaban J connectivity index is 1.84. The fourth-order valence-corrected chi connectivity index (χ4v) is 4.28. The molecule has 0 fully saturated rings. The van der Waals surface area contributed by atoms with Crippen molar-refractivity contribution in [3.05, 3.63) is 103 Å². The Hall–Kier alpha value is -3.98. The van der Waals surface area contributed by atoms with Gasteiger partial charge in [0.2, 0.25) is 0 Å². The summed E-state index contributed by atoms with van der Waals surface area (Å²) in [6, 6.07) is 35.9. The Bertz CT molecular complexity index is 1440. The minimum Gasteiger partial charge on any atom is -0.212 e. The molecular weight excluding hydrogens is 354 g/mol. The lowest BCUT2D eigenvalue weighted by Crippen LogP contribution is -2.00. The third kappa shape index (κ3) is 2.38. The molecule has 0 N–H and O–H groups in total. The van der Waals surface area contributed by atoms with Gasteiger partial charge in [-0.05, 0) is 34.0 Å². The van der Waals surface area contributed by atoms with Gasteiger partial charge in [-0.3, -0.25) is 0 Å². The van der Waals surface area contributed by atoms with Crippen molar-refractivity contribution >= 4 is 32.6 Å². The van der Waals surface area contributed by atoms with Crippen LogP contribution in [-0.4, -0.2) is 15.0 Å². The van der Waals surface area contributed by atoms with E-state index in [-0.39, 0.29) is 0 Å². The molecule has 0 amide bonds. The molecule has 0 saturated carbocycles. The minimum absolute atomic E-state index is 0.896. The Morgan fingerprint density at radius 2 is 1.07 bits per heavy atom. The van der Waals surface area contributed by atoms with Crippen molar-refractivity contribution in [1.29, 1.82) is 0 Å². The van der Waals surface area contributed by atoms with Crippen LogP contribution in [0.2, 0.25) is 0 Å². The number of nitrogens with zero attached hydrogens (tertiary/aromatic N) is 3. The average molecular weight is 371 g/mol. The maximum Gasteiger partial charge on any atom is 0.113 e. The van der Waals surface area contributed by atoms with E-state index >= 15 is 0 Å². The van der Waals surface area contributed by atoms with Gasteiger partial charge in [-0.15, -0.1) is 5.10 Å². The van der Waals surface area contributed by atoms with Crippen LogP contribution in [0.15, 0.2) is 103 Å². The lowest BCUT2D eigenvalue weighted by molar-refractivity contribution is 0.833. The van der Waals surface area contributed by atoms with Crippen LogP contribution in [-0.2, 0) is 0 Å². The first-order valence-electron chi connectivity index (χ1n) is 9.71. The highest BCUT2D eigenvalue weighted by atomic mass is 15.4. The van der Waals surface area contributed by atoms with Crippen molar-refractivity contribution in [2.45, 2.75) is 0 Å². The second kappa shape index (κ2) is 6.28. The van der Waals surface area contributed by atoms with Gasteiger partial charge in [-0.25, -0.2) is 4.68 Å². The molecule has 0 aliphatic heterocycles. The van der Waals surface area contributed by atoms with Gasteiger partial charge in [0.15, 0.2) is 0 Å². The number of fused-ring (bicyclic) bond motifs is 3. The van der Waals surface area contributed by atoms with Gasteiger partial charge >= 0.3 is 0 Å². The summed E-state index contributed by atoms with van der Waals surface area (Å²) in [6.07, 6.45) is 0. The van der Waals surface area contributed by atoms with Crippen LogP contribution in [0.5, 0.6) is 0 Å². The molecular formula is C26H17N3. The summed E-state index contributed by atoms with van der Waals surface area (Å²) < 4.78 is 1.98. The van der Waals surface area contributed by atoms with E-state index in [9.17, 15) is 0 Å². The molecule has 0 radical (unpaired) electrons. The quantitative estimate of drug-likeness (QED) is 0.330. The standard InChI is InChI=1S/C26H17N3/c1-2-10-18(11-3-1)25-19-12-4-6-14-21(19)26(22-15-7-5-13-20(22)25)29-24-17-9-8-16-23(24)27-28-29/h1-17H. The summed E-state index contributed by atoms with van der Waals surface area (Å²) in [5, 5.41) is 13.7. The molecule has 0 aliphatic carbocycles. The van der Waals surface area contributed by atoms with Gasteiger partial charge in [0, 0.05) is 10.8 Å². The third-order valence-electron chi connectivity index (χ3n) is 5.53. The zero-order valence-electron chi connectivity index (χ0n) is 15.7. The Morgan fingerprint density at radius 1 is 0.517 bits per heavy atom. The van der Waals surface area contributed by atoms with E-state index in [0.29, 0.717) is 0 Å². The smallest absolute Gasteiger partial charge is 0.113 e. The Labute approximate surface area is 167 Å². The first-order valence-corrected chi connectivity index (χ1v) is 9.71. The molecule has 0 bridgehead atoms. The lowest BCUT2D eigenvalue weighted by atomic mass is 9.90. The third-order valence-corrected chi connectivity index (χ3v) is 5.53. The number of hydrogen-bond donors (Lipinski definition) is 0. The Morgan fingerprint density at radius 3 is 1.76 bits per heavy atom. The number of aromatic nitrogens is 3. The molecule has 1 aromatic heterocycles. The average Bonchev–Trinajstić information content (AvgIpc) is 3.22. The van der Waals surface area contributed by atoms with E-state index in [2.05, 4.69) is 95.2 Å². The maximum absolute atomic E-state index is 4.53. The number of benzene rings is 5. The van der Waals surface area contributed by atoms with Crippen LogP contribution < -0.4 is 0 Å². The molecule has 3 heteroatoms. The largest absolute Gasteiger partial charge is 0.212 e. The van der Waals surface area contributed by atoms with Gasteiger partial charge in [0.05, 0.1) is 11.2 Å². The van der Waals surface area contributed by atoms with E-state index in [0.717, 1.165) is 16.7 Å². The molecule has 6 aromatic rings. The van der Waals surface area contributed by atoms with E-state index < -0.39 is 0 Å². The van der Waals surface area contributed by atoms with Crippen molar-refractivity contribution < 1.29 is 0 Å². The summed E-state index contributed by atoms with van der Waals surface area (Å²) in [7, 11) is 0. The van der Waals surface area contributed by atoms with Crippen molar-refractivity contribution in [1.82, 2.24) is 15.0 Å². The Kier molecular flexibility index (Phi) is 3.47.